The SMILES string of the molecule is C=CCN(CCC)C(=O)[C@H]1[C@H]2C(=O)N([C@H](C)CO)C(C(=O)N(CC=C)C(C)C)C23CC(C)[C@]1(C)O3. The Morgan fingerprint density at radius 1 is 1.23 bits per heavy atom. The monoisotopic (exact) mass is 489 g/mol. The summed E-state index contributed by atoms with van der Waals surface area (Å²) >= 11 is 0. The molecule has 1 N–H and O–H groups in total. The molecule has 0 aliphatic carbocycles. The van der Waals surface area contributed by atoms with Crippen LogP contribution < -0.4 is 0 Å². The number of hydrogen-bond donors (Lipinski definition) is 1. The molecule has 0 radical (unpaired) electrons. The molecule has 3 rings (SSSR count). The van der Waals surface area contributed by atoms with E-state index in [1.54, 1.807) is 28.9 Å². The maximum absolute atomic E-state index is 14.1. The molecule has 3 heterocycles. The quantitative estimate of drug-likeness (QED) is 0.450. The molecule has 2 bridgehead atoms. The number of carbonyl (C=O) groups is 3. The molecule has 3 saturated heterocycles. The smallest absolute Gasteiger partial charge is 0.248 e. The number of rotatable bonds is 11. The molecule has 0 saturated carbocycles. The van der Waals surface area contributed by atoms with E-state index in [2.05, 4.69) is 13.2 Å². The van der Waals surface area contributed by atoms with Crippen molar-refractivity contribution < 1.29 is 24.2 Å². The fraction of sp³-hybridized carbons (Fsp3) is 0.741. The van der Waals surface area contributed by atoms with Gasteiger partial charge in [-0.2, -0.15) is 0 Å². The van der Waals surface area contributed by atoms with Crippen LogP contribution in [0, 0.1) is 17.8 Å². The molecule has 0 aromatic carbocycles. The van der Waals surface area contributed by atoms with E-state index in [9.17, 15) is 19.5 Å². The molecule has 8 nitrogen and oxygen atoms in total. The number of carbonyl (C=O) groups excluding carboxylic acids is 3. The van der Waals surface area contributed by atoms with Crippen LogP contribution in [0.3, 0.4) is 0 Å². The van der Waals surface area contributed by atoms with Gasteiger partial charge in [-0.1, -0.05) is 26.0 Å². The van der Waals surface area contributed by atoms with E-state index in [1.807, 2.05) is 34.6 Å². The van der Waals surface area contributed by atoms with Crippen molar-refractivity contribution in [2.24, 2.45) is 17.8 Å². The van der Waals surface area contributed by atoms with Crippen LogP contribution >= 0.6 is 0 Å². The van der Waals surface area contributed by atoms with E-state index in [-0.39, 0.29) is 36.3 Å². The number of likely N-dealkylation sites (tertiary alicyclic amines) is 1. The standard InChI is InChI=1S/C27H43N3O5/c1-9-12-28(13-10-2)23(32)20-21-24(33)30(19(7)16-31)22(25(34)29(14-11-3)17(4)5)27(21)15-18(6)26(20,8)35-27/h9,11,17-22,31H,1,3,10,12-16H2,2,4-8H3/t18?,19-,20-,21+,22?,26+,27?/m1/s1. The summed E-state index contributed by atoms with van der Waals surface area (Å²) in [6.45, 7) is 20.1. The van der Waals surface area contributed by atoms with Crippen molar-refractivity contribution in [3.8, 4) is 0 Å². The van der Waals surface area contributed by atoms with Crippen LogP contribution in [0.5, 0.6) is 0 Å². The van der Waals surface area contributed by atoms with Gasteiger partial charge >= 0.3 is 0 Å². The van der Waals surface area contributed by atoms with E-state index in [4.69, 9.17) is 4.74 Å². The summed E-state index contributed by atoms with van der Waals surface area (Å²) < 4.78 is 6.77. The molecule has 0 aromatic rings. The summed E-state index contributed by atoms with van der Waals surface area (Å²) in [5.41, 5.74) is -1.98. The van der Waals surface area contributed by atoms with E-state index in [1.165, 1.54) is 4.90 Å². The maximum atomic E-state index is 14.1. The third-order valence-electron chi connectivity index (χ3n) is 8.38. The molecule has 3 unspecified atom stereocenters. The van der Waals surface area contributed by atoms with Gasteiger partial charge in [-0.15, -0.1) is 13.2 Å². The highest BCUT2D eigenvalue weighted by Gasteiger charge is 2.80. The van der Waals surface area contributed by atoms with Crippen LogP contribution in [0.15, 0.2) is 25.3 Å². The number of nitrogens with zero attached hydrogens (tertiary/aromatic N) is 3. The highest BCUT2D eigenvalue weighted by atomic mass is 16.5. The van der Waals surface area contributed by atoms with Crippen molar-refractivity contribution in [3.05, 3.63) is 25.3 Å². The molecule has 196 valence electrons. The number of aliphatic hydroxyl groups is 1. The molecule has 0 aromatic heterocycles. The predicted molar refractivity (Wildman–Crippen MR) is 134 cm³/mol. The average molecular weight is 490 g/mol. The van der Waals surface area contributed by atoms with Crippen molar-refractivity contribution in [2.75, 3.05) is 26.2 Å². The Bertz CT molecular complexity index is 875. The van der Waals surface area contributed by atoms with E-state index < -0.39 is 35.1 Å². The zero-order valence-corrected chi connectivity index (χ0v) is 22.2. The summed E-state index contributed by atoms with van der Waals surface area (Å²) in [6.07, 6.45) is 4.65. The molecular formula is C27H43N3O5. The maximum Gasteiger partial charge on any atom is 0.248 e. The van der Waals surface area contributed by atoms with Crippen molar-refractivity contribution in [1.29, 1.82) is 0 Å². The Kier molecular flexibility index (Phi) is 7.87. The lowest BCUT2D eigenvalue weighted by Crippen LogP contribution is -2.59. The van der Waals surface area contributed by atoms with Gasteiger partial charge in [0.05, 0.1) is 30.1 Å². The van der Waals surface area contributed by atoms with Gasteiger partial charge in [-0.25, -0.2) is 0 Å². The Morgan fingerprint density at radius 2 is 1.86 bits per heavy atom. The molecule has 35 heavy (non-hydrogen) atoms. The van der Waals surface area contributed by atoms with Crippen LogP contribution in [0.2, 0.25) is 0 Å². The Labute approximate surface area is 210 Å². The third kappa shape index (κ3) is 4.02. The minimum Gasteiger partial charge on any atom is -0.394 e. The van der Waals surface area contributed by atoms with Crippen LogP contribution in [0.1, 0.15) is 54.4 Å². The van der Waals surface area contributed by atoms with Crippen molar-refractivity contribution >= 4 is 17.7 Å². The van der Waals surface area contributed by atoms with E-state index >= 15 is 0 Å². The second kappa shape index (κ2) is 10.1. The summed E-state index contributed by atoms with van der Waals surface area (Å²) in [5, 5.41) is 10.0. The van der Waals surface area contributed by atoms with Crippen molar-refractivity contribution in [2.45, 2.75) is 83.7 Å². The first-order valence-corrected chi connectivity index (χ1v) is 12.9. The number of amides is 3. The Hall–Kier alpha value is -2.19. The molecule has 7 atom stereocenters. The lowest BCUT2D eigenvalue weighted by atomic mass is 9.62. The fourth-order valence-electron chi connectivity index (χ4n) is 6.66. The number of fused-ring (bicyclic) bond motifs is 1. The van der Waals surface area contributed by atoms with Crippen molar-refractivity contribution in [3.63, 3.8) is 0 Å². The summed E-state index contributed by atoms with van der Waals surface area (Å²) in [6, 6.07) is -1.62. The lowest BCUT2D eigenvalue weighted by molar-refractivity contribution is -0.158. The van der Waals surface area contributed by atoms with Crippen LogP contribution in [0.4, 0.5) is 0 Å². The van der Waals surface area contributed by atoms with Crippen molar-refractivity contribution in [1.82, 2.24) is 14.7 Å². The highest BCUT2D eigenvalue weighted by Crippen LogP contribution is 2.65. The van der Waals surface area contributed by atoms with E-state index in [0.717, 1.165) is 6.42 Å². The summed E-state index contributed by atoms with van der Waals surface area (Å²) in [7, 11) is 0. The molecule has 1 spiro atoms. The molecular weight excluding hydrogens is 446 g/mol. The topological polar surface area (TPSA) is 90.4 Å². The fourth-order valence-corrected chi connectivity index (χ4v) is 6.66. The van der Waals surface area contributed by atoms with Gasteiger partial charge < -0.3 is 24.5 Å². The van der Waals surface area contributed by atoms with Gasteiger partial charge in [-0.3, -0.25) is 14.4 Å². The first kappa shape index (κ1) is 27.4. The minimum atomic E-state index is -1.12. The number of aliphatic hydroxyl groups excluding tert-OH is 1. The molecule has 3 fully saturated rings. The largest absolute Gasteiger partial charge is 0.394 e. The van der Waals surface area contributed by atoms with Crippen LogP contribution in [-0.4, -0.2) is 93.1 Å². The van der Waals surface area contributed by atoms with E-state index in [0.29, 0.717) is 26.1 Å². The predicted octanol–water partition coefficient (Wildman–Crippen LogP) is 2.23. The van der Waals surface area contributed by atoms with Crippen LogP contribution in [-0.2, 0) is 19.1 Å². The zero-order chi connectivity index (χ0) is 26.3. The Morgan fingerprint density at radius 3 is 2.37 bits per heavy atom. The summed E-state index contributed by atoms with van der Waals surface area (Å²) in [5.74, 6) is -2.14. The zero-order valence-electron chi connectivity index (χ0n) is 22.2. The first-order valence-electron chi connectivity index (χ1n) is 12.9. The van der Waals surface area contributed by atoms with Gasteiger partial charge in [0.15, 0.2) is 0 Å². The molecule has 3 amide bonds. The van der Waals surface area contributed by atoms with Gasteiger partial charge in [-0.05, 0) is 46.5 Å². The van der Waals surface area contributed by atoms with Gasteiger partial charge in [0, 0.05) is 25.7 Å². The van der Waals surface area contributed by atoms with Gasteiger partial charge in [0.2, 0.25) is 17.7 Å². The van der Waals surface area contributed by atoms with Gasteiger partial charge in [0.1, 0.15) is 11.6 Å². The normalized spacial score (nSPS) is 34.2. The third-order valence-corrected chi connectivity index (χ3v) is 8.38. The summed E-state index contributed by atoms with van der Waals surface area (Å²) in [4.78, 5) is 47.1. The average Bonchev–Trinajstić information content (AvgIpc) is 3.32. The number of hydrogen-bond acceptors (Lipinski definition) is 5. The molecule has 3 aliphatic heterocycles. The number of ether oxygens (including phenoxy) is 1. The minimum absolute atomic E-state index is 0.0284. The van der Waals surface area contributed by atoms with Crippen LogP contribution in [0.25, 0.3) is 0 Å². The second-order valence-corrected chi connectivity index (χ2v) is 10.9. The highest BCUT2D eigenvalue weighted by molar-refractivity contribution is 5.99. The first-order chi connectivity index (χ1) is 16.5. The van der Waals surface area contributed by atoms with Gasteiger partial charge in [0.25, 0.3) is 0 Å². The molecule has 8 heteroatoms. The Balaban J connectivity index is 2.16. The molecule has 3 aliphatic rings. The lowest BCUT2D eigenvalue weighted by Gasteiger charge is -2.40. The second-order valence-electron chi connectivity index (χ2n) is 10.9.